The molecule has 1 aromatic heterocycles. The number of carboxylic acid groups (broad SMARTS) is 1. The van der Waals surface area contributed by atoms with Crippen LogP contribution in [-0.4, -0.2) is 15.6 Å². The lowest BCUT2D eigenvalue weighted by Crippen LogP contribution is -2.15. The van der Waals surface area contributed by atoms with Crippen molar-refractivity contribution in [1.82, 2.24) is 4.57 Å². The first-order valence-corrected chi connectivity index (χ1v) is 5.35. The molecule has 0 bridgehead atoms. The molecular weight excluding hydrogens is 212 g/mol. The molecular formula is C10H10N2O2S. The number of carboxylic acids is 1. The van der Waals surface area contributed by atoms with Crippen molar-refractivity contribution in [3.05, 3.63) is 29.1 Å². The van der Waals surface area contributed by atoms with E-state index in [4.69, 9.17) is 10.5 Å². The molecule has 0 atom stereocenters. The summed E-state index contributed by atoms with van der Waals surface area (Å²) < 4.78 is 2.75. The number of para-hydroxylation sites is 1. The van der Waals surface area contributed by atoms with Gasteiger partial charge in [-0.25, -0.2) is 0 Å². The van der Waals surface area contributed by atoms with Crippen LogP contribution < -0.4 is 4.80 Å². The highest BCUT2D eigenvalue weighted by molar-refractivity contribution is 7.16. The largest absolute Gasteiger partial charge is 0.481 e. The molecule has 0 unspecified atom stereocenters. The van der Waals surface area contributed by atoms with Gasteiger partial charge in [0.15, 0.2) is 4.80 Å². The number of nitrogens with one attached hydrogen (secondary N) is 1. The van der Waals surface area contributed by atoms with E-state index < -0.39 is 5.97 Å². The smallest absolute Gasteiger partial charge is 0.305 e. The van der Waals surface area contributed by atoms with Gasteiger partial charge in [-0.1, -0.05) is 23.5 Å². The number of carbonyl (C=O) groups is 1. The van der Waals surface area contributed by atoms with Crippen molar-refractivity contribution in [3.8, 4) is 0 Å². The Kier molecular flexibility index (Phi) is 2.55. The molecule has 0 aliphatic rings. The average molecular weight is 222 g/mol. The molecule has 1 heterocycles. The van der Waals surface area contributed by atoms with Gasteiger partial charge in [0.1, 0.15) is 0 Å². The molecule has 15 heavy (non-hydrogen) atoms. The second-order valence-corrected chi connectivity index (χ2v) is 4.20. The first-order chi connectivity index (χ1) is 7.18. The summed E-state index contributed by atoms with van der Waals surface area (Å²) in [6.07, 6.45) is 0.0529. The second-order valence-electron chi connectivity index (χ2n) is 3.17. The number of benzene rings is 1. The van der Waals surface area contributed by atoms with Crippen LogP contribution in [0.4, 0.5) is 0 Å². The Bertz CT molecular complexity index is 556. The highest BCUT2D eigenvalue weighted by Crippen LogP contribution is 2.16. The van der Waals surface area contributed by atoms with E-state index in [9.17, 15) is 4.79 Å². The summed E-state index contributed by atoms with van der Waals surface area (Å²) in [6.45, 7) is 0.359. The second kappa shape index (κ2) is 3.86. The molecule has 1 aromatic carbocycles. The fourth-order valence-corrected chi connectivity index (χ4v) is 2.40. The molecule has 0 radical (unpaired) electrons. The highest BCUT2D eigenvalue weighted by atomic mass is 32.1. The van der Waals surface area contributed by atoms with E-state index in [0.29, 0.717) is 11.3 Å². The van der Waals surface area contributed by atoms with E-state index in [1.165, 1.54) is 11.3 Å². The minimum Gasteiger partial charge on any atom is -0.481 e. The SMILES string of the molecule is N=c1sc2ccccc2n1CCC(=O)O. The van der Waals surface area contributed by atoms with Gasteiger partial charge in [0, 0.05) is 6.54 Å². The van der Waals surface area contributed by atoms with Crippen LogP contribution in [0.25, 0.3) is 10.2 Å². The molecule has 2 rings (SSSR count). The Morgan fingerprint density at radius 3 is 2.93 bits per heavy atom. The van der Waals surface area contributed by atoms with E-state index in [2.05, 4.69) is 0 Å². The van der Waals surface area contributed by atoms with Crippen molar-refractivity contribution in [2.45, 2.75) is 13.0 Å². The summed E-state index contributed by atoms with van der Waals surface area (Å²) in [5.74, 6) is -0.836. The van der Waals surface area contributed by atoms with Gasteiger partial charge in [0.05, 0.1) is 16.6 Å². The van der Waals surface area contributed by atoms with Crippen LogP contribution >= 0.6 is 11.3 Å². The summed E-state index contributed by atoms with van der Waals surface area (Å²) >= 11 is 1.37. The molecule has 2 N–H and O–H groups in total. The highest BCUT2D eigenvalue weighted by Gasteiger charge is 2.05. The van der Waals surface area contributed by atoms with Crippen LogP contribution in [0.1, 0.15) is 6.42 Å². The van der Waals surface area contributed by atoms with Gasteiger partial charge in [-0.05, 0) is 12.1 Å². The lowest BCUT2D eigenvalue weighted by atomic mass is 10.3. The summed E-state index contributed by atoms with van der Waals surface area (Å²) in [6, 6.07) is 7.66. The van der Waals surface area contributed by atoms with Crippen LogP contribution in [0.5, 0.6) is 0 Å². The predicted octanol–water partition coefficient (Wildman–Crippen LogP) is 1.66. The minimum atomic E-state index is -0.836. The fraction of sp³-hybridized carbons (Fsp3) is 0.200. The molecule has 0 aliphatic heterocycles. The lowest BCUT2D eigenvalue weighted by Gasteiger charge is -2.01. The maximum Gasteiger partial charge on any atom is 0.305 e. The number of aliphatic carboxylic acids is 1. The number of thiazole rings is 1. The third kappa shape index (κ3) is 1.92. The Balaban J connectivity index is 2.45. The molecule has 78 valence electrons. The molecule has 5 heteroatoms. The first kappa shape index (κ1) is 9.92. The third-order valence-electron chi connectivity index (χ3n) is 2.16. The van der Waals surface area contributed by atoms with Crippen LogP contribution in [0.15, 0.2) is 24.3 Å². The number of rotatable bonds is 3. The first-order valence-electron chi connectivity index (χ1n) is 4.53. The van der Waals surface area contributed by atoms with Crippen LogP contribution in [0, 0.1) is 5.41 Å². The molecule has 0 aliphatic carbocycles. The molecule has 0 fully saturated rings. The van der Waals surface area contributed by atoms with Crippen LogP contribution in [0.3, 0.4) is 0 Å². The number of aryl methyl sites for hydroxylation is 1. The van der Waals surface area contributed by atoms with Crippen molar-refractivity contribution in [1.29, 1.82) is 5.41 Å². The zero-order valence-corrected chi connectivity index (χ0v) is 8.75. The van der Waals surface area contributed by atoms with Crippen molar-refractivity contribution in [2.75, 3.05) is 0 Å². The number of hydrogen-bond acceptors (Lipinski definition) is 3. The summed E-state index contributed by atoms with van der Waals surface area (Å²) in [4.78, 5) is 10.9. The molecule has 0 spiro atoms. The van der Waals surface area contributed by atoms with Crippen LogP contribution in [-0.2, 0) is 11.3 Å². The molecule has 0 saturated carbocycles. The monoisotopic (exact) mass is 222 g/mol. The summed E-state index contributed by atoms with van der Waals surface area (Å²) in [7, 11) is 0. The molecule has 0 amide bonds. The van der Waals surface area contributed by atoms with Gasteiger partial charge in [-0.2, -0.15) is 0 Å². The number of hydrogen-bond donors (Lipinski definition) is 2. The zero-order chi connectivity index (χ0) is 10.8. The van der Waals surface area contributed by atoms with Crippen molar-refractivity contribution >= 4 is 27.5 Å². The lowest BCUT2D eigenvalue weighted by molar-refractivity contribution is -0.137. The summed E-state index contributed by atoms with van der Waals surface area (Å²) in [5.41, 5.74) is 0.939. The molecule has 4 nitrogen and oxygen atoms in total. The number of fused-ring (bicyclic) bond motifs is 1. The Morgan fingerprint density at radius 1 is 1.47 bits per heavy atom. The average Bonchev–Trinajstić information content (AvgIpc) is 2.50. The van der Waals surface area contributed by atoms with Gasteiger partial charge < -0.3 is 9.67 Å². The van der Waals surface area contributed by atoms with Crippen molar-refractivity contribution in [3.63, 3.8) is 0 Å². The fourth-order valence-electron chi connectivity index (χ4n) is 1.46. The Hall–Kier alpha value is -1.62. The summed E-state index contributed by atoms with van der Waals surface area (Å²) in [5, 5.41) is 16.3. The van der Waals surface area contributed by atoms with Gasteiger partial charge in [0.2, 0.25) is 0 Å². The van der Waals surface area contributed by atoms with Gasteiger partial charge >= 0.3 is 5.97 Å². The quantitative estimate of drug-likeness (QED) is 0.829. The topological polar surface area (TPSA) is 66.1 Å². The van der Waals surface area contributed by atoms with Crippen molar-refractivity contribution < 1.29 is 9.90 Å². The maximum absolute atomic E-state index is 10.5. The van der Waals surface area contributed by atoms with Crippen LogP contribution in [0.2, 0.25) is 0 Å². The van der Waals surface area contributed by atoms with E-state index in [-0.39, 0.29) is 6.42 Å². The zero-order valence-electron chi connectivity index (χ0n) is 7.93. The van der Waals surface area contributed by atoms with E-state index in [1.807, 2.05) is 24.3 Å². The third-order valence-corrected chi connectivity index (χ3v) is 3.14. The Labute approximate surface area is 89.9 Å². The standard InChI is InChI=1S/C10H10N2O2S/c11-10-12(6-5-9(13)14)7-3-1-2-4-8(7)15-10/h1-4,11H,5-6H2,(H,13,14). The minimum absolute atomic E-state index is 0.0529. The van der Waals surface area contributed by atoms with E-state index >= 15 is 0 Å². The van der Waals surface area contributed by atoms with Gasteiger partial charge in [-0.3, -0.25) is 10.2 Å². The molecule has 0 saturated heterocycles. The normalized spacial score (nSPS) is 10.7. The number of nitrogens with zero attached hydrogens (tertiary/aromatic N) is 1. The Morgan fingerprint density at radius 2 is 2.20 bits per heavy atom. The van der Waals surface area contributed by atoms with Crippen molar-refractivity contribution in [2.24, 2.45) is 0 Å². The number of aromatic nitrogens is 1. The molecule has 2 aromatic rings. The van der Waals surface area contributed by atoms with E-state index in [0.717, 1.165) is 10.2 Å². The van der Waals surface area contributed by atoms with Gasteiger partial charge in [-0.15, -0.1) is 0 Å². The maximum atomic E-state index is 10.5. The predicted molar refractivity (Wildman–Crippen MR) is 57.9 cm³/mol. The van der Waals surface area contributed by atoms with E-state index in [1.54, 1.807) is 4.57 Å². The van der Waals surface area contributed by atoms with Gasteiger partial charge in [0.25, 0.3) is 0 Å².